The van der Waals surface area contributed by atoms with Gasteiger partial charge in [0.15, 0.2) is 0 Å². The molecular weight excluding hydrogens is 338 g/mol. The molecule has 4 rings (SSSR count). The molecule has 2 saturated carbocycles. The van der Waals surface area contributed by atoms with Crippen molar-refractivity contribution in [1.82, 2.24) is 15.5 Å². The highest BCUT2D eigenvalue weighted by atomic mass is 35.5. The van der Waals surface area contributed by atoms with E-state index in [-0.39, 0.29) is 24.4 Å². The molecule has 0 bridgehead atoms. The van der Waals surface area contributed by atoms with Gasteiger partial charge in [-0.25, -0.2) is 0 Å². The summed E-state index contributed by atoms with van der Waals surface area (Å²) in [5.41, 5.74) is 0.395. The highest BCUT2D eigenvalue weighted by Crippen LogP contribution is 2.63. The number of likely N-dealkylation sites (tertiary alicyclic amines) is 1. The summed E-state index contributed by atoms with van der Waals surface area (Å²) in [6.45, 7) is 3.42. The minimum Gasteiger partial charge on any atom is -0.354 e. The molecule has 0 aromatic heterocycles. The maximum Gasteiger partial charge on any atom is 0.237 e. The summed E-state index contributed by atoms with van der Waals surface area (Å²) in [6, 6.07) is 0.0000133. The maximum absolute atomic E-state index is 12.8. The second-order valence-electron chi connectivity index (χ2n) is 8.51. The van der Waals surface area contributed by atoms with Gasteiger partial charge in [0.2, 0.25) is 11.8 Å². The van der Waals surface area contributed by atoms with Gasteiger partial charge in [0, 0.05) is 25.6 Å². The zero-order valence-electron chi connectivity index (χ0n) is 15.1. The van der Waals surface area contributed by atoms with Crippen molar-refractivity contribution >= 4 is 24.2 Å². The van der Waals surface area contributed by atoms with Crippen molar-refractivity contribution in [3.8, 4) is 0 Å². The fraction of sp³-hybridized carbons (Fsp3) is 0.895. The first kappa shape index (κ1) is 19.0. The average Bonchev–Trinajstić information content (AvgIpc) is 3.00. The van der Waals surface area contributed by atoms with Crippen LogP contribution in [0.2, 0.25) is 0 Å². The minimum absolute atomic E-state index is 0. The zero-order chi connectivity index (χ0) is 16.6. The smallest absolute Gasteiger partial charge is 0.237 e. The van der Waals surface area contributed by atoms with Crippen molar-refractivity contribution in [1.29, 1.82) is 0 Å². The summed E-state index contributed by atoms with van der Waals surface area (Å²) in [5.74, 6) is 1.29. The lowest BCUT2D eigenvalue weighted by atomic mass is 9.96. The molecule has 2 amide bonds. The van der Waals surface area contributed by atoms with Crippen LogP contribution in [0.15, 0.2) is 0 Å². The van der Waals surface area contributed by atoms with E-state index < -0.39 is 0 Å². The van der Waals surface area contributed by atoms with Crippen LogP contribution in [-0.4, -0.2) is 48.9 Å². The molecule has 0 aromatic rings. The van der Waals surface area contributed by atoms with Gasteiger partial charge < -0.3 is 15.5 Å². The van der Waals surface area contributed by atoms with Crippen LogP contribution >= 0.6 is 12.4 Å². The molecule has 3 atom stereocenters. The maximum atomic E-state index is 12.8. The zero-order valence-corrected chi connectivity index (χ0v) is 15.9. The number of hydrogen-bond acceptors (Lipinski definition) is 3. The molecule has 2 aliphatic carbocycles. The number of nitrogens with one attached hydrogen (secondary N) is 2. The minimum atomic E-state index is 0. The van der Waals surface area contributed by atoms with Crippen LogP contribution in [0.25, 0.3) is 0 Å². The monoisotopic (exact) mass is 369 g/mol. The van der Waals surface area contributed by atoms with Crippen LogP contribution in [-0.2, 0) is 9.59 Å². The van der Waals surface area contributed by atoms with Gasteiger partial charge in [-0.3, -0.25) is 9.59 Å². The SMILES string of the molecule is Cl.O=C(NCC1CCCN(C(=O)C2CC23CCCC3)C1)C1CCCN1. The number of nitrogens with zero attached hydrogens (tertiary/aromatic N) is 1. The van der Waals surface area contributed by atoms with Gasteiger partial charge in [-0.15, -0.1) is 12.4 Å². The number of halogens is 1. The van der Waals surface area contributed by atoms with Crippen LogP contribution < -0.4 is 10.6 Å². The predicted octanol–water partition coefficient (Wildman–Crippen LogP) is 2.10. The van der Waals surface area contributed by atoms with Crippen LogP contribution in [0.4, 0.5) is 0 Å². The third kappa shape index (κ3) is 3.97. The molecule has 142 valence electrons. The number of piperidine rings is 1. The molecule has 0 aromatic carbocycles. The van der Waals surface area contributed by atoms with Crippen LogP contribution in [0, 0.1) is 17.3 Å². The van der Waals surface area contributed by atoms with Gasteiger partial charge >= 0.3 is 0 Å². The Morgan fingerprint density at radius 2 is 1.92 bits per heavy atom. The molecule has 5 nitrogen and oxygen atoms in total. The lowest BCUT2D eigenvalue weighted by Crippen LogP contribution is -2.47. The molecule has 2 saturated heterocycles. The van der Waals surface area contributed by atoms with Crippen molar-refractivity contribution in [2.45, 2.75) is 63.8 Å². The topological polar surface area (TPSA) is 61.4 Å². The Kier molecular flexibility index (Phi) is 5.94. The molecule has 0 radical (unpaired) electrons. The first-order chi connectivity index (χ1) is 11.7. The average molecular weight is 370 g/mol. The number of rotatable bonds is 4. The van der Waals surface area contributed by atoms with E-state index in [4.69, 9.17) is 0 Å². The lowest BCUT2D eigenvalue weighted by Gasteiger charge is -2.33. The molecule has 2 heterocycles. The fourth-order valence-corrected chi connectivity index (χ4v) is 5.26. The van der Waals surface area contributed by atoms with Crippen molar-refractivity contribution in [3.05, 3.63) is 0 Å². The molecule has 6 heteroatoms. The van der Waals surface area contributed by atoms with E-state index in [9.17, 15) is 9.59 Å². The summed E-state index contributed by atoms with van der Waals surface area (Å²) in [4.78, 5) is 27.1. The summed E-state index contributed by atoms with van der Waals surface area (Å²) in [5, 5.41) is 6.35. The van der Waals surface area contributed by atoms with E-state index in [2.05, 4.69) is 15.5 Å². The second kappa shape index (κ2) is 7.83. The Labute approximate surface area is 157 Å². The molecule has 3 unspecified atom stereocenters. The third-order valence-electron chi connectivity index (χ3n) is 6.86. The molecule has 2 aliphatic heterocycles. The quantitative estimate of drug-likeness (QED) is 0.797. The van der Waals surface area contributed by atoms with Crippen molar-refractivity contribution < 1.29 is 9.59 Å². The lowest BCUT2D eigenvalue weighted by molar-refractivity contribution is -0.135. The predicted molar refractivity (Wildman–Crippen MR) is 99.6 cm³/mol. The Morgan fingerprint density at radius 3 is 2.64 bits per heavy atom. The van der Waals surface area contributed by atoms with E-state index in [1.807, 2.05) is 0 Å². The Morgan fingerprint density at radius 1 is 1.12 bits per heavy atom. The summed E-state index contributed by atoms with van der Waals surface area (Å²) < 4.78 is 0. The first-order valence-electron chi connectivity index (χ1n) is 9.98. The van der Waals surface area contributed by atoms with E-state index in [0.717, 1.165) is 58.3 Å². The van der Waals surface area contributed by atoms with Gasteiger partial charge in [0.1, 0.15) is 0 Å². The van der Waals surface area contributed by atoms with Crippen LogP contribution in [0.5, 0.6) is 0 Å². The number of carbonyl (C=O) groups excluding carboxylic acids is 2. The third-order valence-corrected chi connectivity index (χ3v) is 6.86. The summed E-state index contributed by atoms with van der Waals surface area (Å²) in [7, 11) is 0. The van der Waals surface area contributed by atoms with Crippen molar-refractivity contribution in [3.63, 3.8) is 0 Å². The molecule has 1 spiro atoms. The molecular formula is C19H32ClN3O2. The number of amides is 2. The van der Waals surface area contributed by atoms with E-state index in [1.54, 1.807) is 0 Å². The van der Waals surface area contributed by atoms with Crippen LogP contribution in [0.3, 0.4) is 0 Å². The Bertz CT molecular complexity index is 501. The number of hydrogen-bond donors (Lipinski definition) is 2. The highest BCUT2D eigenvalue weighted by molar-refractivity contribution is 5.85. The molecule has 25 heavy (non-hydrogen) atoms. The summed E-state index contributed by atoms with van der Waals surface area (Å²) >= 11 is 0. The van der Waals surface area contributed by atoms with Gasteiger partial charge in [0.05, 0.1) is 6.04 Å². The normalized spacial score (nSPS) is 33.1. The molecule has 4 aliphatic rings. The van der Waals surface area contributed by atoms with Gasteiger partial charge in [0.25, 0.3) is 0 Å². The molecule has 4 fully saturated rings. The Balaban J connectivity index is 0.00000182. The van der Waals surface area contributed by atoms with Gasteiger partial charge in [-0.05, 0) is 62.8 Å². The van der Waals surface area contributed by atoms with Crippen molar-refractivity contribution in [2.24, 2.45) is 17.3 Å². The summed E-state index contributed by atoms with van der Waals surface area (Å²) in [6.07, 6.45) is 10.5. The van der Waals surface area contributed by atoms with E-state index >= 15 is 0 Å². The second-order valence-corrected chi connectivity index (χ2v) is 8.51. The standard InChI is InChI=1S/C19H31N3O2.ClH/c23-17(16-6-3-9-20-16)21-12-14-5-4-10-22(13-14)18(24)15-11-19(15)7-1-2-8-19;/h14-16,20H,1-13H2,(H,21,23);1H. The van der Waals surface area contributed by atoms with Crippen molar-refractivity contribution in [2.75, 3.05) is 26.2 Å². The first-order valence-corrected chi connectivity index (χ1v) is 9.98. The van der Waals surface area contributed by atoms with Gasteiger partial charge in [-0.2, -0.15) is 0 Å². The van der Waals surface area contributed by atoms with Gasteiger partial charge in [-0.1, -0.05) is 12.8 Å². The Hall–Kier alpha value is -0.810. The highest BCUT2D eigenvalue weighted by Gasteiger charge is 2.59. The van der Waals surface area contributed by atoms with E-state index in [1.165, 1.54) is 25.7 Å². The number of carbonyl (C=O) groups is 2. The fourth-order valence-electron chi connectivity index (χ4n) is 5.26. The largest absolute Gasteiger partial charge is 0.354 e. The van der Waals surface area contributed by atoms with Crippen LogP contribution in [0.1, 0.15) is 57.8 Å². The molecule has 2 N–H and O–H groups in total. The van der Waals surface area contributed by atoms with E-state index in [0.29, 0.717) is 23.2 Å².